The first-order valence-electron chi connectivity index (χ1n) is 9.11. The molecule has 4 rings (SSSR count). The molecule has 6 nitrogen and oxygen atoms in total. The van der Waals surface area contributed by atoms with Gasteiger partial charge >= 0.3 is 0 Å². The zero-order valence-corrected chi connectivity index (χ0v) is 16.1. The molecule has 0 aliphatic heterocycles. The van der Waals surface area contributed by atoms with Gasteiger partial charge in [-0.3, -0.25) is 14.9 Å². The molecule has 0 heterocycles. The molecule has 29 heavy (non-hydrogen) atoms. The number of nitro benzene ring substituents is 1. The fraction of sp³-hybridized carbons (Fsp3) is 0.136. The summed E-state index contributed by atoms with van der Waals surface area (Å²) in [5, 5.41) is 24.2. The monoisotopic (exact) mass is 406 g/mol. The van der Waals surface area contributed by atoms with Crippen molar-refractivity contribution in [2.45, 2.75) is 28.4 Å². The molecular weight excluding hydrogens is 388 g/mol. The summed E-state index contributed by atoms with van der Waals surface area (Å²) in [7, 11) is 0. The predicted octanol–water partition coefficient (Wildman–Crippen LogP) is 4.13. The summed E-state index contributed by atoms with van der Waals surface area (Å²) >= 11 is 1.36. The third-order valence-corrected chi connectivity index (χ3v) is 5.98. The molecular formula is C22H18N2O4S. The highest BCUT2D eigenvalue weighted by atomic mass is 32.2. The third kappa shape index (κ3) is 4.01. The SMILES string of the molecule is O=C(NC1c2ccccc2CC1O)c1ccccc1Sc1ccc([N+](=O)[O-])cc1. The van der Waals surface area contributed by atoms with E-state index in [2.05, 4.69) is 5.32 Å². The number of hydrogen-bond acceptors (Lipinski definition) is 5. The van der Waals surface area contributed by atoms with Crippen LogP contribution in [0.3, 0.4) is 0 Å². The maximum Gasteiger partial charge on any atom is 0.269 e. The number of aliphatic hydroxyl groups excluding tert-OH is 1. The molecule has 0 bridgehead atoms. The van der Waals surface area contributed by atoms with Gasteiger partial charge in [0, 0.05) is 28.3 Å². The van der Waals surface area contributed by atoms with Gasteiger partial charge in [0.05, 0.1) is 22.6 Å². The first-order chi connectivity index (χ1) is 14.0. The van der Waals surface area contributed by atoms with Gasteiger partial charge in [0.15, 0.2) is 0 Å². The standard InChI is InChI=1S/C22H18N2O4S/c25-19-13-14-5-1-2-6-17(14)21(19)23-22(26)18-7-3-4-8-20(18)29-16-11-9-15(10-12-16)24(27)28/h1-12,19,21,25H,13H2,(H,23,26). The van der Waals surface area contributed by atoms with Crippen LogP contribution < -0.4 is 5.32 Å². The fourth-order valence-corrected chi connectivity index (χ4v) is 4.42. The minimum absolute atomic E-state index is 0.0225. The van der Waals surface area contributed by atoms with Gasteiger partial charge in [-0.15, -0.1) is 0 Å². The number of benzene rings is 3. The summed E-state index contributed by atoms with van der Waals surface area (Å²) < 4.78 is 0. The Bertz CT molecular complexity index is 1070. The van der Waals surface area contributed by atoms with Gasteiger partial charge in [-0.1, -0.05) is 48.2 Å². The van der Waals surface area contributed by atoms with Crippen LogP contribution in [0.2, 0.25) is 0 Å². The second-order valence-electron chi connectivity index (χ2n) is 6.77. The quantitative estimate of drug-likeness (QED) is 0.491. The minimum atomic E-state index is -0.661. The number of fused-ring (bicyclic) bond motifs is 1. The Balaban J connectivity index is 1.55. The molecule has 2 atom stereocenters. The van der Waals surface area contributed by atoms with Crippen molar-refractivity contribution in [1.29, 1.82) is 0 Å². The van der Waals surface area contributed by atoms with E-state index < -0.39 is 17.1 Å². The second-order valence-corrected chi connectivity index (χ2v) is 7.89. The largest absolute Gasteiger partial charge is 0.390 e. The Hall–Kier alpha value is -3.16. The van der Waals surface area contributed by atoms with E-state index in [1.54, 1.807) is 24.3 Å². The molecule has 0 aromatic heterocycles. The van der Waals surface area contributed by atoms with Crippen molar-refractivity contribution >= 4 is 23.4 Å². The summed E-state index contributed by atoms with van der Waals surface area (Å²) in [5.74, 6) is -0.268. The zero-order valence-electron chi connectivity index (χ0n) is 15.3. The van der Waals surface area contributed by atoms with Gasteiger partial charge in [-0.2, -0.15) is 0 Å². The molecule has 0 radical (unpaired) electrons. The molecule has 3 aromatic carbocycles. The van der Waals surface area contributed by atoms with Gasteiger partial charge in [-0.25, -0.2) is 0 Å². The van der Waals surface area contributed by atoms with Crippen LogP contribution >= 0.6 is 11.8 Å². The Morgan fingerprint density at radius 3 is 2.48 bits per heavy atom. The van der Waals surface area contributed by atoms with Crippen molar-refractivity contribution in [3.05, 3.63) is 99.6 Å². The lowest BCUT2D eigenvalue weighted by Gasteiger charge is -2.19. The normalized spacial score (nSPS) is 17.6. The van der Waals surface area contributed by atoms with Gasteiger partial charge in [0.2, 0.25) is 0 Å². The molecule has 146 valence electrons. The van der Waals surface area contributed by atoms with Crippen LogP contribution in [0.4, 0.5) is 5.69 Å². The van der Waals surface area contributed by atoms with Crippen LogP contribution in [-0.4, -0.2) is 22.0 Å². The molecule has 0 fully saturated rings. The molecule has 1 aliphatic rings. The highest BCUT2D eigenvalue weighted by Gasteiger charge is 2.32. The van der Waals surface area contributed by atoms with E-state index in [4.69, 9.17) is 0 Å². The molecule has 1 aliphatic carbocycles. The molecule has 2 N–H and O–H groups in total. The van der Waals surface area contributed by atoms with Crippen molar-refractivity contribution in [2.24, 2.45) is 0 Å². The van der Waals surface area contributed by atoms with Crippen LogP contribution in [-0.2, 0) is 6.42 Å². The predicted molar refractivity (Wildman–Crippen MR) is 110 cm³/mol. The number of carbonyl (C=O) groups is 1. The number of nitrogens with one attached hydrogen (secondary N) is 1. The first kappa shape index (κ1) is 19.2. The van der Waals surface area contributed by atoms with E-state index >= 15 is 0 Å². The zero-order chi connectivity index (χ0) is 20.4. The third-order valence-electron chi connectivity index (χ3n) is 4.90. The average molecular weight is 406 g/mol. The van der Waals surface area contributed by atoms with E-state index in [9.17, 15) is 20.0 Å². The summed E-state index contributed by atoms with van der Waals surface area (Å²) in [5.41, 5.74) is 2.49. The number of rotatable bonds is 5. The molecule has 3 aromatic rings. The summed E-state index contributed by atoms with van der Waals surface area (Å²) in [6.07, 6.45) is -0.147. The molecule has 0 spiro atoms. The smallest absolute Gasteiger partial charge is 0.269 e. The van der Waals surface area contributed by atoms with Gasteiger partial charge < -0.3 is 10.4 Å². The maximum atomic E-state index is 13.0. The van der Waals surface area contributed by atoms with E-state index in [0.29, 0.717) is 12.0 Å². The molecule has 7 heteroatoms. The Morgan fingerprint density at radius 1 is 1.03 bits per heavy atom. The van der Waals surface area contributed by atoms with Crippen molar-refractivity contribution in [1.82, 2.24) is 5.32 Å². The average Bonchev–Trinajstić information content (AvgIpc) is 3.04. The van der Waals surface area contributed by atoms with E-state index in [0.717, 1.165) is 20.9 Å². The van der Waals surface area contributed by atoms with Crippen LogP contribution in [0.5, 0.6) is 0 Å². The number of hydrogen-bond donors (Lipinski definition) is 2. The number of non-ortho nitro benzene ring substituents is 1. The number of amides is 1. The van der Waals surface area contributed by atoms with Crippen LogP contribution in [0.25, 0.3) is 0 Å². The van der Waals surface area contributed by atoms with Crippen LogP contribution in [0.15, 0.2) is 82.6 Å². The number of carbonyl (C=O) groups excluding carboxylic acids is 1. The van der Waals surface area contributed by atoms with Crippen molar-refractivity contribution in [3.8, 4) is 0 Å². The Morgan fingerprint density at radius 2 is 1.72 bits per heavy atom. The maximum absolute atomic E-state index is 13.0. The fourth-order valence-electron chi connectivity index (χ4n) is 3.47. The Kier molecular flexibility index (Phi) is 5.33. The highest BCUT2D eigenvalue weighted by molar-refractivity contribution is 7.99. The second kappa shape index (κ2) is 8.06. The number of nitro groups is 1. The minimum Gasteiger partial charge on any atom is -0.390 e. The van der Waals surface area contributed by atoms with Crippen molar-refractivity contribution < 1.29 is 14.8 Å². The van der Waals surface area contributed by atoms with E-state index in [1.165, 1.54) is 23.9 Å². The van der Waals surface area contributed by atoms with E-state index in [1.807, 2.05) is 36.4 Å². The number of nitrogens with zero attached hydrogens (tertiary/aromatic N) is 1. The topological polar surface area (TPSA) is 92.5 Å². The lowest BCUT2D eigenvalue weighted by atomic mass is 10.1. The van der Waals surface area contributed by atoms with Crippen molar-refractivity contribution in [2.75, 3.05) is 0 Å². The lowest BCUT2D eigenvalue weighted by molar-refractivity contribution is -0.384. The van der Waals surface area contributed by atoms with E-state index in [-0.39, 0.29) is 11.6 Å². The summed E-state index contributed by atoms with van der Waals surface area (Å²) in [4.78, 5) is 24.9. The van der Waals surface area contributed by atoms with Crippen LogP contribution in [0.1, 0.15) is 27.5 Å². The van der Waals surface area contributed by atoms with Gasteiger partial charge in [0.25, 0.3) is 11.6 Å². The summed E-state index contributed by atoms with van der Waals surface area (Å²) in [6, 6.07) is 20.7. The molecule has 1 amide bonds. The molecule has 2 unspecified atom stereocenters. The van der Waals surface area contributed by atoms with Gasteiger partial charge in [-0.05, 0) is 35.4 Å². The first-order valence-corrected chi connectivity index (χ1v) is 9.92. The van der Waals surface area contributed by atoms with Crippen LogP contribution in [0, 0.1) is 10.1 Å². The highest BCUT2D eigenvalue weighted by Crippen LogP contribution is 2.34. The van der Waals surface area contributed by atoms with Crippen molar-refractivity contribution in [3.63, 3.8) is 0 Å². The van der Waals surface area contributed by atoms with Gasteiger partial charge in [0.1, 0.15) is 0 Å². The Labute approximate surface area is 171 Å². The summed E-state index contributed by atoms with van der Waals surface area (Å²) in [6.45, 7) is 0. The lowest BCUT2D eigenvalue weighted by Crippen LogP contribution is -2.34. The molecule has 0 saturated carbocycles. The number of aliphatic hydroxyl groups is 1. The molecule has 0 saturated heterocycles.